The van der Waals surface area contributed by atoms with E-state index in [4.69, 9.17) is 35.1 Å². The second-order valence-electron chi connectivity index (χ2n) is 9.54. The van der Waals surface area contributed by atoms with E-state index >= 15 is 0 Å². The zero-order valence-corrected chi connectivity index (χ0v) is 23.8. The van der Waals surface area contributed by atoms with Gasteiger partial charge in [0.15, 0.2) is 17.2 Å². The minimum absolute atomic E-state index is 0.0694. The Morgan fingerprint density at radius 3 is 2.34 bits per heavy atom. The predicted molar refractivity (Wildman–Crippen MR) is 154 cm³/mol. The Hall–Kier alpha value is -4.28. The fourth-order valence-corrected chi connectivity index (χ4v) is 4.82. The molecule has 1 fully saturated rings. The lowest BCUT2D eigenvalue weighted by Gasteiger charge is -2.30. The fourth-order valence-electron chi connectivity index (χ4n) is 4.65. The van der Waals surface area contributed by atoms with Gasteiger partial charge >= 0.3 is 0 Å². The molecule has 1 N–H and O–H groups in total. The van der Waals surface area contributed by atoms with Gasteiger partial charge in [-0.25, -0.2) is 0 Å². The van der Waals surface area contributed by atoms with Crippen molar-refractivity contribution in [1.82, 2.24) is 15.0 Å². The molecule has 4 aromatic rings. The number of piperidine rings is 1. The summed E-state index contributed by atoms with van der Waals surface area (Å²) in [6.07, 6.45) is 1.38. The fraction of sp³-hybridized carbons (Fsp3) is 0.300. The molecule has 214 valence electrons. The molecule has 10 nitrogen and oxygen atoms in total. The topological polar surface area (TPSA) is 108 Å². The van der Waals surface area contributed by atoms with Crippen LogP contribution in [-0.2, 0) is 11.3 Å². The highest BCUT2D eigenvalue weighted by atomic mass is 35.5. The second kappa shape index (κ2) is 12.9. The number of carbonyl (C=O) groups excluding carboxylic acids is 1. The monoisotopic (exact) mass is 578 g/mol. The maximum absolute atomic E-state index is 13.2. The molecule has 1 aliphatic heterocycles. The Balaban J connectivity index is 1.16. The second-order valence-corrected chi connectivity index (χ2v) is 9.98. The number of rotatable bonds is 10. The van der Waals surface area contributed by atoms with Gasteiger partial charge in [-0.3, -0.25) is 9.69 Å². The maximum atomic E-state index is 13.2. The summed E-state index contributed by atoms with van der Waals surface area (Å²) in [5.41, 5.74) is 1.29. The Labute approximate surface area is 243 Å². The van der Waals surface area contributed by atoms with Gasteiger partial charge < -0.3 is 28.8 Å². The van der Waals surface area contributed by atoms with Gasteiger partial charge in [-0.2, -0.15) is 4.98 Å². The highest BCUT2D eigenvalue weighted by Crippen LogP contribution is 2.34. The van der Waals surface area contributed by atoms with Crippen LogP contribution >= 0.6 is 11.6 Å². The van der Waals surface area contributed by atoms with Crippen molar-refractivity contribution in [2.24, 2.45) is 5.92 Å². The third-order valence-corrected chi connectivity index (χ3v) is 7.15. The van der Waals surface area contributed by atoms with E-state index < -0.39 is 0 Å². The summed E-state index contributed by atoms with van der Waals surface area (Å²) >= 11 is 6.23. The van der Waals surface area contributed by atoms with Crippen LogP contribution in [0.15, 0.2) is 65.2 Å². The van der Waals surface area contributed by atoms with E-state index in [2.05, 4.69) is 20.4 Å². The number of nitrogens with zero attached hydrogens (tertiary/aromatic N) is 3. The lowest BCUT2D eigenvalue weighted by Crippen LogP contribution is -2.37. The number of aromatic nitrogens is 2. The van der Waals surface area contributed by atoms with E-state index in [0.717, 1.165) is 24.4 Å². The minimum atomic E-state index is -0.149. The maximum Gasteiger partial charge on any atom is 0.241 e. The van der Waals surface area contributed by atoms with Gasteiger partial charge in [0.2, 0.25) is 17.6 Å². The molecule has 0 unspecified atom stereocenters. The number of likely N-dealkylation sites (tertiary alicyclic amines) is 1. The van der Waals surface area contributed by atoms with Crippen LogP contribution in [0.2, 0.25) is 5.02 Å². The van der Waals surface area contributed by atoms with Gasteiger partial charge in [0.1, 0.15) is 11.5 Å². The molecule has 0 atom stereocenters. The summed E-state index contributed by atoms with van der Waals surface area (Å²) < 4.78 is 27.4. The number of methoxy groups -OCH3 is 3. The van der Waals surface area contributed by atoms with Crippen molar-refractivity contribution in [3.05, 3.63) is 71.6 Å². The lowest BCUT2D eigenvalue weighted by atomic mass is 9.96. The van der Waals surface area contributed by atoms with Crippen molar-refractivity contribution in [1.29, 1.82) is 0 Å². The van der Waals surface area contributed by atoms with Crippen LogP contribution in [-0.4, -0.2) is 55.4 Å². The Morgan fingerprint density at radius 1 is 0.927 bits per heavy atom. The molecule has 41 heavy (non-hydrogen) atoms. The van der Waals surface area contributed by atoms with Gasteiger partial charge in [-0.1, -0.05) is 16.8 Å². The molecular formula is C30H31ClN4O6. The molecule has 1 aromatic heterocycles. The van der Waals surface area contributed by atoms with Crippen molar-refractivity contribution in [3.8, 4) is 40.1 Å². The van der Waals surface area contributed by atoms with Crippen molar-refractivity contribution in [2.75, 3.05) is 39.7 Å². The van der Waals surface area contributed by atoms with Crippen LogP contribution in [0.25, 0.3) is 11.4 Å². The number of ether oxygens (including phenoxy) is 4. The van der Waals surface area contributed by atoms with Crippen LogP contribution in [0.1, 0.15) is 18.7 Å². The van der Waals surface area contributed by atoms with Gasteiger partial charge in [0.25, 0.3) is 0 Å². The number of hydrogen-bond acceptors (Lipinski definition) is 9. The molecule has 1 saturated heterocycles. The van der Waals surface area contributed by atoms with Crippen molar-refractivity contribution in [2.45, 2.75) is 19.4 Å². The lowest BCUT2D eigenvalue weighted by molar-refractivity contribution is -0.121. The highest BCUT2D eigenvalue weighted by molar-refractivity contribution is 6.31. The number of hydrogen-bond donors (Lipinski definition) is 1. The first-order valence-corrected chi connectivity index (χ1v) is 13.5. The molecule has 0 radical (unpaired) electrons. The van der Waals surface area contributed by atoms with E-state index in [1.165, 1.54) is 0 Å². The number of benzene rings is 3. The molecular weight excluding hydrogens is 548 g/mol. The summed E-state index contributed by atoms with van der Waals surface area (Å²) in [5, 5.41) is 7.64. The summed E-state index contributed by atoms with van der Waals surface area (Å²) in [7, 11) is 4.77. The molecule has 0 aliphatic carbocycles. The van der Waals surface area contributed by atoms with Crippen LogP contribution in [0.3, 0.4) is 0 Å². The molecule has 3 aromatic carbocycles. The summed E-state index contributed by atoms with van der Waals surface area (Å²) in [6.45, 7) is 1.94. The highest BCUT2D eigenvalue weighted by Gasteiger charge is 2.27. The zero-order chi connectivity index (χ0) is 28.8. The summed E-state index contributed by atoms with van der Waals surface area (Å²) in [5.74, 6) is 3.84. The SMILES string of the molecule is COc1ccc(Oc2ccc(Cl)cc2NC(=O)C2CCN(Cc3nc(-c4ccc(OC)c(OC)c4)no3)CC2)cc1. The van der Waals surface area contributed by atoms with E-state index in [-0.39, 0.29) is 11.8 Å². The average molecular weight is 579 g/mol. The summed E-state index contributed by atoms with van der Waals surface area (Å²) in [6, 6.07) is 17.8. The summed E-state index contributed by atoms with van der Waals surface area (Å²) in [4.78, 5) is 19.9. The zero-order valence-electron chi connectivity index (χ0n) is 23.1. The van der Waals surface area contributed by atoms with E-state index in [9.17, 15) is 4.79 Å². The standard InChI is InChI=1S/C30H31ClN4O6/c1-37-22-6-8-23(9-7-22)40-25-11-5-21(31)17-24(25)32-30(36)19-12-14-35(15-13-19)18-28-33-29(34-41-28)20-4-10-26(38-2)27(16-20)39-3/h4-11,16-17,19H,12-15,18H2,1-3H3,(H,32,36). The van der Waals surface area contributed by atoms with E-state index in [0.29, 0.717) is 64.8 Å². The van der Waals surface area contributed by atoms with Crippen molar-refractivity contribution < 1.29 is 28.3 Å². The molecule has 2 heterocycles. The average Bonchev–Trinajstić information content (AvgIpc) is 3.47. The van der Waals surface area contributed by atoms with Gasteiger partial charge in [-0.15, -0.1) is 0 Å². The third-order valence-electron chi connectivity index (χ3n) is 6.91. The first-order valence-electron chi connectivity index (χ1n) is 13.2. The molecule has 1 aliphatic rings. The number of anilines is 1. The molecule has 0 bridgehead atoms. The first kappa shape index (κ1) is 28.3. The van der Waals surface area contributed by atoms with Crippen molar-refractivity contribution in [3.63, 3.8) is 0 Å². The van der Waals surface area contributed by atoms with Gasteiger partial charge in [-0.05, 0) is 86.6 Å². The normalized spacial score (nSPS) is 14.0. The smallest absolute Gasteiger partial charge is 0.241 e. The van der Waals surface area contributed by atoms with Gasteiger partial charge in [0, 0.05) is 16.5 Å². The minimum Gasteiger partial charge on any atom is -0.497 e. The van der Waals surface area contributed by atoms with Crippen LogP contribution in [0, 0.1) is 5.92 Å². The molecule has 5 rings (SSSR count). The Bertz CT molecular complexity index is 1480. The van der Waals surface area contributed by atoms with Crippen LogP contribution < -0.4 is 24.3 Å². The van der Waals surface area contributed by atoms with Crippen LogP contribution in [0.5, 0.6) is 28.7 Å². The van der Waals surface area contributed by atoms with Crippen molar-refractivity contribution >= 4 is 23.2 Å². The number of carbonyl (C=O) groups is 1. The van der Waals surface area contributed by atoms with Crippen LogP contribution in [0.4, 0.5) is 5.69 Å². The first-order chi connectivity index (χ1) is 19.9. The Morgan fingerprint density at radius 2 is 1.63 bits per heavy atom. The van der Waals surface area contributed by atoms with Gasteiger partial charge in [0.05, 0.1) is 33.6 Å². The molecule has 0 saturated carbocycles. The predicted octanol–water partition coefficient (Wildman–Crippen LogP) is 6.06. The molecule has 1 amide bonds. The largest absolute Gasteiger partial charge is 0.497 e. The number of nitrogens with one attached hydrogen (secondary N) is 1. The molecule has 11 heteroatoms. The van der Waals surface area contributed by atoms with E-state index in [1.54, 1.807) is 57.7 Å². The third kappa shape index (κ3) is 6.90. The Kier molecular flexibility index (Phi) is 8.91. The number of amides is 1. The van der Waals surface area contributed by atoms with E-state index in [1.807, 2.05) is 24.3 Å². The number of halogens is 1. The quantitative estimate of drug-likeness (QED) is 0.240. The molecule has 0 spiro atoms.